The van der Waals surface area contributed by atoms with Gasteiger partial charge in [0.05, 0.1) is 19.8 Å². The fourth-order valence-corrected chi connectivity index (χ4v) is 7.36. The largest absolute Gasteiger partial charge is 0.466 e. The molecule has 0 aromatic carbocycles. The molecule has 1 unspecified atom stereocenters. The lowest BCUT2D eigenvalue weighted by atomic mass is 9.72. The number of hydrogen-bond donors (Lipinski definition) is 1. The summed E-state index contributed by atoms with van der Waals surface area (Å²) < 4.78 is 32.8. The van der Waals surface area contributed by atoms with Crippen LogP contribution in [0.1, 0.15) is 176 Å². The van der Waals surface area contributed by atoms with Crippen molar-refractivity contribution in [3.05, 3.63) is 70.9 Å². The molecule has 1 N–H and O–H groups in total. The van der Waals surface area contributed by atoms with Crippen LogP contribution >= 0.6 is 8.25 Å². The zero-order valence-corrected chi connectivity index (χ0v) is 38.3. The zero-order chi connectivity index (χ0) is 42.7. The van der Waals surface area contributed by atoms with E-state index in [1.807, 2.05) is 25.2 Å². The molecule has 1 amide bonds. The van der Waals surface area contributed by atoms with Crippen molar-refractivity contribution in [2.45, 2.75) is 176 Å². The maximum Gasteiger partial charge on any atom is 0.319 e. The molecule has 0 radical (unpaired) electrons. The van der Waals surface area contributed by atoms with E-state index in [0.29, 0.717) is 19.3 Å². The number of rotatable bonds is 34. The van der Waals surface area contributed by atoms with E-state index < -0.39 is 8.25 Å². The summed E-state index contributed by atoms with van der Waals surface area (Å²) in [6.45, 7) is 13.9. The van der Waals surface area contributed by atoms with Gasteiger partial charge in [-0.15, -0.1) is 0 Å². The molecule has 0 aromatic heterocycles. The summed E-state index contributed by atoms with van der Waals surface area (Å²) in [7, 11) is -2.71. The summed E-state index contributed by atoms with van der Waals surface area (Å²) in [5, 5.41) is 2.68. The normalized spacial score (nSPS) is 15.5. The predicted molar refractivity (Wildman–Crippen MR) is 240 cm³/mol. The van der Waals surface area contributed by atoms with Gasteiger partial charge in [-0.2, -0.15) is 0 Å². The lowest BCUT2D eigenvalue weighted by Gasteiger charge is -2.32. The Balaban J connectivity index is 1.99. The monoisotopic (exact) mass is 830 g/mol. The van der Waals surface area contributed by atoms with Crippen LogP contribution in [0.15, 0.2) is 70.9 Å². The van der Waals surface area contributed by atoms with Gasteiger partial charge in [0.1, 0.15) is 6.61 Å². The molecule has 9 nitrogen and oxygen atoms in total. The second-order valence-electron chi connectivity index (χ2n) is 16.2. The van der Waals surface area contributed by atoms with Crippen molar-refractivity contribution < 1.29 is 37.5 Å². The number of ether oxygens (including phenoxy) is 2. The standard InChI is InChI=1S/C48H80NO8P/c1-7-8-9-10-11-12-13-14-15-16-17-18-19-20-21-30-46(51)54-37-25-38-56-58(53)57-40-36-49-45(50)29-23-31-47(52)55-39-34-42(3)27-22-26-41(2)32-33-44-43(4)28-24-35-48(44,5)6/h14-15,22,26-27,32-34,58H,7-13,16-21,23-25,28-31,35-40H2,1-6H3,(H,49,50)/b15-14-,27-22+,33-32+,41-26+,42-34+. The predicted octanol–water partition coefficient (Wildman–Crippen LogP) is 12.7. The first-order valence-electron chi connectivity index (χ1n) is 22.4. The Labute approximate surface area is 353 Å². The number of esters is 2. The molecule has 58 heavy (non-hydrogen) atoms. The Kier molecular flexibility index (Phi) is 31.8. The minimum Gasteiger partial charge on any atom is -0.466 e. The Morgan fingerprint density at radius 1 is 0.741 bits per heavy atom. The highest BCUT2D eigenvalue weighted by molar-refractivity contribution is 7.33. The van der Waals surface area contributed by atoms with E-state index in [0.717, 1.165) is 31.3 Å². The van der Waals surface area contributed by atoms with Crippen LogP contribution in [-0.4, -0.2) is 50.8 Å². The van der Waals surface area contributed by atoms with Gasteiger partial charge in [-0.3, -0.25) is 18.9 Å². The highest BCUT2D eigenvalue weighted by Crippen LogP contribution is 2.40. The van der Waals surface area contributed by atoms with Crippen molar-refractivity contribution in [1.82, 2.24) is 5.32 Å². The van der Waals surface area contributed by atoms with E-state index in [1.165, 1.54) is 93.8 Å². The van der Waals surface area contributed by atoms with Crippen LogP contribution in [0.3, 0.4) is 0 Å². The van der Waals surface area contributed by atoms with E-state index >= 15 is 0 Å². The molecular weight excluding hydrogens is 750 g/mol. The average molecular weight is 830 g/mol. The van der Waals surface area contributed by atoms with E-state index in [1.54, 1.807) is 0 Å². The molecule has 330 valence electrons. The van der Waals surface area contributed by atoms with Crippen LogP contribution in [0.4, 0.5) is 0 Å². The molecule has 1 aliphatic carbocycles. The van der Waals surface area contributed by atoms with Gasteiger partial charge in [0.2, 0.25) is 5.91 Å². The molecule has 1 aliphatic rings. The number of nitrogens with one attached hydrogen (secondary N) is 1. The van der Waals surface area contributed by atoms with E-state index in [2.05, 4.69) is 70.3 Å². The highest BCUT2D eigenvalue weighted by atomic mass is 31.1. The quantitative estimate of drug-likeness (QED) is 0.0224. The molecule has 0 aliphatic heterocycles. The Bertz CT molecular complexity index is 1370. The number of unbranched alkanes of at least 4 members (excludes halogenated alkanes) is 11. The van der Waals surface area contributed by atoms with Crippen LogP contribution < -0.4 is 5.32 Å². The van der Waals surface area contributed by atoms with Gasteiger partial charge in [0, 0.05) is 32.2 Å². The van der Waals surface area contributed by atoms with Crippen molar-refractivity contribution in [3.8, 4) is 0 Å². The van der Waals surface area contributed by atoms with Crippen LogP contribution in [0.5, 0.6) is 0 Å². The van der Waals surface area contributed by atoms with Gasteiger partial charge >= 0.3 is 20.2 Å². The first-order chi connectivity index (χ1) is 27.9. The Morgan fingerprint density at radius 3 is 2.09 bits per heavy atom. The van der Waals surface area contributed by atoms with Crippen LogP contribution in [-0.2, 0) is 37.5 Å². The topological polar surface area (TPSA) is 117 Å². The molecule has 10 heteroatoms. The van der Waals surface area contributed by atoms with Crippen molar-refractivity contribution in [2.75, 3.05) is 33.0 Å². The minimum absolute atomic E-state index is 0.0407. The van der Waals surface area contributed by atoms with Gasteiger partial charge in [-0.05, 0) is 95.6 Å². The fraction of sp³-hybridized carbons (Fsp3) is 0.688. The SMILES string of the molecule is CCCCCCCC/C=C\CCCCCCCC(=O)OCCCO[PH](=O)OCCNC(=O)CCCC(=O)OC/C=C(C)/C=C/C=C(C)/C=C/C1=C(C)CCCC1(C)C. The summed E-state index contributed by atoms with van der Waals surface area (Å²) in [6, 6.07) is 0. The summed E-state index contributed by atoms with van der Waals surface area (Å²) in [4.78, 5) is 36.2. The lowest BCUT2D eigenvalue weighted by Crippen LogP contribution is -2.26. The fourth-order valence-electron chi connectivity index (χ4n) is 6.70. The van der Waals surface area contributed by atoms with Crippen LogP contribution in [0.25, 0.3) is 0 Å². The van der Waals surface area contributed by atoms with Gasteiger partial charge in [-0.25, -0.2) is 0 Å². The molecule has 1 rings (SSSR count). The Hall–Kier alpha value is -3.00. The van der Waals surface area contributed by atoms with Crippen LogP contribution in [0.2, 0.25) is 0 Å². The Morgan fingerprint density at radius 2 is 1.38 bits per heavy atom. The van der Waals surface area contributed by atoms with Crippen LogP contribution in [0, 0.1) is 5.41 Å². The number of carbonyl (C=O) groups excluding carboxylic acids is 3. The minimum atomic E-state index is -2.71. The van der Waals surface area contributed by atoms with Crippen molar-refractivity contribution in [3.63, 3.8) is 0 Å². The third-order valence-electron chi connectivity index (χ3n) is 10.3. The van der Waals surface area contributed by atoms with Gasteiger partial charge in [0.15, 0.2) is 0 Å². The lowest BCUT2D eigenvalue weighted by molar-refractivity contribution is -0.144. The molecule has 0 spiro atoms. The third kappa shape index (κ3) is 30.1. The first kappa shape index (κ1) is 53.0. The smallest absolute Gasteiger partial charge is 0.319 e. The summed E-state index contributed by atoms with van der Waals surface area (Å²) in [5.74, 6) is -0.798. The highest BCUT2D eigenvalue weighted by Gasteiger charge is 2.26. The van der Waals surface area contributed by atoms with Crippen molar-refractivity contribution >= 4 is 26.1 Å². The molecule has 0 fully saturated rings. The molecule has 0 saturated carbocycles. The van der Waals surface area contributed by atoms with E-state index in [9.17, 15) is 18.9 Å². The third-order valence-corrected chi connectivity index (χ3v) is 11.1. The number of amides is 1. The van der Waals surface area contributed by atoms with E-state index in [-0.39, 0.29) is 69.1 Å². The van der Waals surface area contributed by atoms with Crippen molar-refractivity contribution in [2.24, 2.45) is 5.41 Å². The molecular formula is C48H80NO8P. The molecule has 1 atom stereocenters. The average Bonchev–Trinajstić information content (AvgIpc) is 3.17. The molecule has 0 saturated heterocycles. The number of allylic oxidation sites excluding steroid dienone is 11. The number of hydrogen-bond acceptors (Lipinski definition) is 8. The van der Waals surface area contributed by atoms with Gasteiger partial charge in [0.25, 0.3) is 0 Å². The van der Waals surface area contributed by atoms with E-state index in [4.69, 9.17) is 18.5 Å². The maximum absolute atomic E-state index is 12.1. The maximum atomic E-state index is 12.1. The molecule has 0 aromatic rings. The van der Waals surface area contributed by atoms with Gasteiger partial charge in [-0.1, -0.05) is 131 Å². The summed E-state index contributed by atoms with van der Waals surface area (Å²) >= 11 is 0. The summed E-state index contributed by atoms with van der Waals surface area (Å²) in [6.07, 6.45) is 37.9. The van der Waals surface area contributed by atoms with Gasteiger partial charge < -0.3 is 23.8 Å². The second-order valence-corrected chi connectivity index (χ2v) is 17.3. The summed E-state index contributed by atoms with van der Waals surface area (Å²) in [5.41, 5.74) is 5.31. The number of carbonyl (C=O) groups is 3. The zero-order valence-electron chi connectivity index (χ0n) is 37.3. The first-order valence-corrected chi connectivity index (χ1v) is 23.6. The molecule has 0 heterocycles. The van der Waals surface area contributed by atoms with Crippen molar-refractivity contribution in [1.29, 1.82) is 0 Å². The molecule has 0 bridgehead atoms. The second kappa shape index (κ2) is 34.8.